The Morgan fingerprint density at radius 1 is 1.30 bits per heavy atom. The van der Waals surface area contributed by atoms with E-state index in [4.69, 9.17) is 15.5 Å². The number of aromatic nitrogens is 2. The van der Waals surface area contributed by atoms with Gasteiger partial charge < -0.3 is 15.4 Å². The largest absolute Gasteiger partial charge is 0.501 e. The van der Waals surface area contributed by atoms with Crippen LogP contribution in [-0.4, -0.2) is 43.0 Å². The average Bonchev–Trinajstić information content (AvgIpc) is 3.05. The molecular weight excluding hydrogens is 442 g/mol. The third kappa shape index (κ3) is 4.66. The molecule has 2 aromatic rings. The first-order valence-corrected chi connectivity index (χ1v) is 12.4. The zero-order valence-electron chi connectivity index (χ0n) is 19.0. The number of sulfonamides is 1. The van der Waals surface area contributed by atoms with Gasteiger partial charge in [-0.15, -0.1) is 0 Å². The van der Waals surface area contributed by atoms with E-state index in [1.807, 2.05) is 6.08 Å². The van der Waals surface area contributed by atoms with Gasteiger partial charge in [-0.1, -0.05) is 6.92 Å². The van der Waals surface area contributed by atoms with Crippen molar-refractivity contribution in [1.29, 1.82) is 0 Å². The number of allylic oxidation sites excluding steroid dienone is 1. The summed E-state index contributed by atoms with van der Waals surface area (Å²) in [5.41, 5.74) is 6.48. The molecule has 2 aliphatic rings. The predicted molar refractivity (Wildman–Crippen MR) is 125 cm³/mol. The van der Waals surface area contributed by atoms with Gasteiger partial charge in [0.05, 0.1) is 18.4 Å². The Morgan fingerprint density at radius 2 is 2.09 bits per heavy atom. The van der Waals surface area contributed by atoms with Crippen LogP contribution < -0.4 is 15.4 Å². The molecule has 10 heteroatoms. The van der Waals surface area contributed by atoms with E-state index in [-0.39, 0.29) is 27.7 Å². The highest BCUT2D eigenvalue weighted by atomic mass is 32.2. The first-order chi connectivity index (χ1) is 15.6. The molecule has 1 fully saturated rings. The third-order valence-corrected chi connectivity index (χ3v) is 7.49. The van der Waals surface area contributed by atoms with E-state index in [2.05, 4.69) is 35.4 Å². The Labute approximate surface area is 194 Å². The van der Waals surface area contributed by atoms with Crippen molar-refractivity contribution in [2.24, 2.45) is 5.92 Å². The third-order valence-electron chi connectivity index (χ3n) is 6.11. The molecule has 33 heavy (non-hydrogen) atoms. The zero-order valence-corrected chi connectivity index (χ0v) is 19.8. The molecule has 4 rings (SSSR count). The van der Waals surface area contributed by atoms with Gasteiger partial charge in [0.25, 0.3) is 15.9 Å². The van der Waals surface area contributed by atoms with Crippen molar-refractivity contribution in [2.75, 3.05) is 23.8 Å². The number of hydrogen-bond acceptors (Lipinski definition) is 8. The molecule has 2 atom stereocenters. The molecule has 1 saturated heterocycles. The van der Waals surface area contributed by atoms with Crippen LogP contribution in [0.5, 0.6) is 0 Å². The summed E-state index contributed by atoms with van der Waals surface area (Å²) in [5.74, 6) is 0.00576. The minimum absolute atomic E-state index is 0.0629. The maximum absolute atomic E-state index is 13.2. The first-order valence-electron chi connectivity index (χ1n) is 10.9. The van der Waals surface area contributed by atoms with Crippen molar-refractivity contribution in [1.82, 2.24) is 14.7 Å². The topological polar surface area (TPSA) is 128 Å². The highest BCUT2D eigenvalue weighted by molar-refractivity contribution is 7.90. The molecule has 0 aliphatic carbocycles. The summed E-state index contributed by atoms with van der Waals surface area (Å²) in [5, 5.41) is 0. The van der Waals surface area contributed by atoms with Crippen molar-refractivity contribution in [2.45, 2.75) is 50.0 Å². The molecule has 1 amide bonds. The number of rotatable bonds is 5. The number of nitrogens with two attached hydrogens (primary N) is 1. The Bertz CT molecular complexity index is 1200. The molecule has 0 spiro atoms. The minimum Gasteiger partial charge on any atom is -0.501 e. The van der Waals surface area contributed by atoms with Crippen LogP contribution in [0.2, 0.25) is 0 Å². The highest BCUT2D eigenvalue weighted by Gasteiger charge is 2.39. The number of nitrogens with one attached hydrogen (secondary N) is 1. The number of ether oxygens (including phenoxy) is 1. The van der Waals surface area contributed by atoms with Gasteiger partial charge in [-0.2, -0.15) is 0 Å². The Hall–Kier alpha value is -3.14. The van der Waals surface area contributed by atoms with Gasteiger partial charge in [0.1, 0.15) is 16.5 Å². The highest BCUT2D eigenvalue weighted by Crippen LogP contribution is 2.38. The fraction of sp³-hybridized carbons (Fsp3) is 0.435. The lowest BCUT2D eigenvalue weighted by atomic mass is 9.97. The number of carbonyl (C=O) groups excluding carboxylic acids is 1. The Kier molecular flexibility index (Phi) is 6.04. The smallest absolute Gasteiger partial charge is 0.268 e. The van der Waals surface area contributed by atoms with E-state index >= 15 is 0 Å². The summed E-state index contributed by atoms with van der Waals surface area (Å²) in [6.07, 6.45) is 6.73. The molecule has 0 radical (unpaired) electrons. The summed E-state index contributed by atoms with van der Waals surface area (Å²) < 4.78 is 33.3. The molecule has 2 aromatic heterocycles. The fourth-order valence-electron chi connectivity index (χ4n) is 4.63. The van der Waals surface area contributed by atoms with Crippen molar-refractivity contribution in [3.63, 3.8) is 0 Å². The number of hydrogen-bond donors (Lipinski definition) is 2. The van der Waals surface area contributed by atoms with Crippen LogP contribution >= 0.6 is 0 Å². The fourth-order valence-corrected chi connectivity index (χ4v) is 5.68. The first kappa shape index (κ1) is 23.0. The van der Waals surface area contributed by atoms with Gasteiger partial charge in [0, 0.05) is 29.9 Å². The van der Waals surface area contributed by atoms with Gasteiger partial charge >= 0.3 is 0 Å². The SMILES string of the molecule is C[C@@H]1CN(c2nc(C3CC=COC3)ccc2C(=O)NS(=O)(=O)c2cccnc2N)C(C)(C)C1. The van der Waals surface area contributed by atoms with E-state index in [0.29, 0.717) is 24.9 Å². The van der Waals surface area contributed by atoms with Crippen LogP contribution in [0.1, 0.15) is 55.6 Å². The number of pyridine rings is 2. The number of nitrogen functional groups attached to an aromatic ring is 1. The predicted octanol–water partition coefficient (Wildman–Crippen LogP) is 2.82. The lowest BCUT2D eigenvalue weighted by Gasteiger charge is -2.34. The van der Waals surface area contributed by atoms with Crippen molar-refractivity contribution in [3.05, 3.63) is 54.1 Å². The van der Waals surface area contributed by atoms with E-state index in [0.717, 1.165) is 18.5 Å². The number of anilines is 2. The van der Waals surface area contributed by atoms with Crippen molar-refractivity contribution < 1.29 is 17.9 Å². The van der Waals surface area contributed by atoms with Gasteiger partial charge in [-0.05, 0) is 62.9 Å². The lowest BCUT2D eigenvalue weighted by Crippen LogP contribution is -2.41. The molecule has 176 valence electrons. The second-order valence-corrected chi connectivity index (χ2v) is 10.9. The second-order valence-electron chi connectivity index (χ2n) is 9.30. The van der Waals surface area contributed by atoms with Crippen LogP contribution in [0.3, 0.4) is 0 Å². The molecule has 0 saturated carbocycles. The molecule has 1 unspecified atom stereocenters. The van der Waals surface area contributed by atoms with Crippen LogP contribution in [-0.2, 0) is 14.8 Å². The quantitative estimate of drug-likeness (QED) is 0.681. The molecular formula is C23H29N5O4S. The van der Waals surface area contributed by atoms with Crippen molar-refractivity contribution in [3.8, 4) is 0 Å². The van der Waals surface area contributed by atoms with Gasteiger partial charge in [-0.3, -0.25) is 4.79 Å². The summed E-state index contributed by atoms with van der Waals surface area (Å²) in [6, 6.07) is 6.17. The molecule has 4 heterocycles. The Morgan fingerprint density at radius 3 is 2.73 bits per heavy atom. The van der Waals surface area contributed by atoms with Gasteiger partial charge in [0.2, 0.25) is 0 Å². The summed E-state index contributed by atoms with van der Waals surface area (Å²) >= 11 is 0. The van der Waals surface area contributed by atoms with E-state index in [1.165, 1.54) is 18.3 Å². The number of carbonyl (C=O) groups is 1. The summed E-state index contributed by atoms with van der Waals surface area (Å²) in [4.78, 5) is 23.8. The van der Waals surface area contributed by atoms with Gasteiger partial charge in [-0.25, -0.2) is 23.1 Å². The molecule has 9 nitrogen and oxygen atoms in total. The minimum atomic E-state index is -4.21. The summed E-state index contributed by atoms with van der Waals surface area (Å²) in [7, 11) is -4.21. The molecule has 2 aliphatic heterocycles. The van der Waals surface area contributed by atoms with Crippen LogP contribution in [0.4, 0.5) is 11.6 Å². The zero-order chi connectivity index (χ0) is 23.8. The second kappa shape index (κ2) is 8.66. The summed E-state index contributed by atoms with van der Waals surface area (Å²) in [6.45, 7) is 7.58. The number of nitrogens with zero attached hydrogens (tertiary/aromatic N) is 3. The maximum Gasteiger partial charge on any atom is 0.268 e. The van der Waals surface area contributed by atoms with Gasteiger partial charge in [0.15, 0.2) is 0 Å². The van der Waals surface area contributed by atoms with Crippen LogP contribution in [0.25, 0.3) is 0 Å². The standard InChI is InChI=1S/C23H29N5O4S/c1-15-12-23(2,3)28(13-15)21-17(8-9-18(26-21)16-6-5-11-32-14-16)22(29)27-33(30,31)19-7-4-10-25-20(19)24/h4-5,7-11,15-16H,6,12-14H2,1-3H3,(H2,24,25)(H,27,29)/t15-,16?/m0/s1. The maximum atomic E-state index is 13.2. The molecule has 3 N–H and O–H groups in total. The van der Waals surface area contributed by atoms with E-state index in [1.54, 1.807) is 18.4 Å². The molecule has 0 aromatic carbocycles. The Balaban J connectivity index is 1.73. The molecule has 0 bridgehead atoms. The normalized spacial score (nSPS) is 22.1. The van der Waals surface area contributed by atoms with Crippen molar-refractivity contribution >= 4 is 27.6 Å². The van der Waals surface area contributed by atoms with E-state index in [9.17, 15) is 13.2 Å². The number of amides is 1. The monoisotopic (exact) mass is 471 g/mol. The van der Waals surface area contributed by atoms with Crippen LogP contribution in [0.15, 0.2) is 47.7 Å². The lowest BCUT2D eigenvalue weighted by molar-refractivity contribution is 0.0981. The van der Waals surface area contributed by atoms with E-state index < -0.39 is 15.9 Å². The average molecular weight is 472 g/mol. The van der Waals surface area contributed by atoms with Crippen LogP contribution in [0, 0.1) is 5.92 Å².